The average Bonchev–Trinajstić information content (AvgIpc) is 2.49. The highest BCUT2D eigenvalue weighted by molar-refractivity contribution is 14.1. The summed E-state index contributed by atoms with van der Waals surface area (Å²) in [4.78, 5) is 11.3. The second-order valence-electron chi connectivity index (χ2n) is 3.22. The molecule has 2 nitrogen and oxygen atoms in total. The van der Waals surface area contributed by atoms with Crippen molar-refractivity contribution in [3.05, 3.63) is 26.8 Å². The summed E-state index contributed by atoms with van der Waals surface area (Å²) in [6.07, 6.45) is 1.03. The second-order valence-corrected chi connectivity index (χ2v) is 4.47. The van der Waals surface area contributed by atoms with Crippen LogP contribution >= 0.6 is 22.6 Å². The number of nitrogens with one attached hydrogen (secondary N) is 1. The van der Waals surface area contributed by atoms with Crippen LogP contribution in [0.1, 0.15) is 22.8 Å². The molecule has 0 radical (unpaired) electrons. The molecule has 0 aromatic heterocycles. The lowest BCUT2D eigenvalue weighted by atomic mass is 10.1. The third-order valence-corrected chi connectivity index (χ3v) is 2.88. The monoisotopic (exact) mass is 287 g/mol. The molecule has 0 bridgehead atoms. The second kappa shape index (κ2) is 3.29. The Morgan fingerprint density at radius 1 is 1.54 bits per heavy atom. The van der Waals surface area contributed by atoms with Gasteiger partial charge in [-0.25, -0.2) is 0 Å². The van der Waals surface area contributed by atoms with Gasteiger partial charge in [0, 0.05) is 21.4 Å². The van der Waals surface area contributed by atoms with Crippen molar-refractivity contribution in [1.82, 2.24) is 0 Å². The molecule has 1 aliphatic rings. The molecule has 0 saturated heterocycles. The van der Waals surface area contributed by atoms with Crippen LogP contribution < -0.4 is 5.32 Å². The average molecular weight is 287 g/mol. The van der Waals surface area contributed by atoms with Gasteiger partial charge in [0.05, 0.1) is 0 Å². The molecule has 2 rings (SSSR count). The van der Waals surface area contributed by atoms with Crippen molar-refractivity contribution in [2.24, 2.45) is 0 Å². The van der Waals surface area contributed by atoms with Crippen LogP contribution in [0.2, 0.25) is 0 Å². The fourth-order valence-corrected chi connectivity index (χ4v) is 2.36. The van der Waals surface area contributed by atoms with Gasteiger partial charge in [0.1, 0.15) is 0 Å². The van der Waals surface area contributed by atoms with Crippen molar-refractivity contribution in [2.45, 2.75) is 13.3 Å². The summed E-state index contributed by atoms with van der Waals surface area (Å²) >= 11 is 2.25. The lowest BCUT2D eigenvalue weighted by molar-refractivity contribution is 0.101. The van der Waals surface area contributed by atoms with E-state index in [0.717, 1.165) is 27.8 Å². The van der Waals surface area contributed by atoms with Gasteiger partial charge >= 0.3 is 0 Å². The Morgan fingerprint density at radius 2 is 2.31 bits per heavy atom. The van der Waals surface area contributed by atoms with Gasteiger partial charge in [0.2, 0.25) is 0 Å². The predicted octanol–water partition coefficient (Wildman–Crippen LogP) is 2.46. The number of rotatable bonds is 1. The minimum Gasteiger partial charge on any atom is -0.384 e. The SMILES string of the molecule is CC(=O)c1cc(I)cc2c1NCC2. The molecule has 1 aromatic carbocycles. The molecule has 1 aliphatic heterocycles. The van der Waals surface area contributed by atoms with Gasteiger partial charge in [0.15, 0.2) is 5.78 Å². The first-order valence-corrected chi connectivity index (χ1v) is 5.33. The molecule has 0 spiro atoms. The van der Waals surface area contributed by atoms with E-state index in [1.54, 1.807) is 6.92 Å². The summed E-state index contributed by atoms with van der Waals surface area (Å²) in [6, 6.07) is 4.09. The first kappa shape index (κ1) is 8.99. The molecule has 0 fully saturated rings. The smallest absolute Gasteiger partial charge is 0.161 e. The van der Waals surface area contributed by atoms with Crippen LogP contribution in [-0.4, -0.2) is 12.3 Å². The van der Waals surface area contributed by atoms with Crippen molar-refractivity contribution in [2.75, 3.05) is 11.9 Å². The fraction of sp³-hybridized carbons (Fsp3) is 0.300. The van der Waals surface area contributed by atoms with Crippen molar-refractivity contribution < 1.29 is 4.79 Å². The van der Waals surface area contributed by atoms with E-state index in [-0.39, 0.29) is 5.78 Å². The summed E-state index contributed by atoms with van der Waals surface area (Å²) in [6.45, 7) is 2.57. The molecule has 0 saturated carbocycles. The zero-order valence-corrected chi connectivity index (χ0v) is 9.51. The quantitative estimate of drug-likeness (QED) is 0.635. The maximum atomic E-state index is 11.3. The van der Waals surface area contributed by atoms with Gasteiger partial charge in [-0.1, -0.05) is 0 Å². The topological polar surface area (TPSA) is 29.1 Å². The maximum Gasteiger partial charge on any atom is 0.161 e. The molecule has 68 valence electrons. The van der Waals surface area contributed by atoms with Gasteiger partial charge in [-0.3, -0.25) is 4.79 Å². The van der Waals surface area contributed by atoms with Crippen molar-refractivity contribution >= 4 is 34.1 Å². The first-order chi connectivity index (χ1) is 6.18. The lowest BCUT2D eigenvalue weighted by Crippen LogP contribution is -2.00. The van der Waals surface area contributed by atoms with E-state index in [9.17, 15) is 4.79 Å². The van der Waals surface area contributed by atoms with Crippen LogP contribution in [0.3, 0.4) is 0 Å². The molecular formula is C10H10INO. The maximum absolute atomic E-state index is 11.3. The number of Topliss-reactive ketones (excluding diaryl/α,β-unsaturated/α-hetero) is 1. The summed E-state index contributed by atoms with van der Waals surface area (Å²) in [7, 11) is 0. The summed E-state index contributed by atoms with van der Waals surface area (Å²) in [5, 5.41) is 3.25. The predicted molar refractivity (Wildman–Crippen MR) is 61.4 cm³/mol. The van der Waals surface area contributed by atoms with E-state index in [4.69, 9.17) is 0 Å². The van der Waals surface area contributed by atoms with Crippen LogP contribution in [0.4, 0.5) is 5.69 Å². The zero-order valence-electron chi connectivity index (χ0n) is 7.36. The van der Waals surface area contributed by atoms with E-state index in [1.807, 2.05) is 6.07 Å². The third kappa shape index (κ3) is 1.57. The molecule has 13 heavy (non-hydrogen) atoms. The van der Waals surface area contributed by atoms with E-state index < -0.39 is 0 Å². The zero-order chi connectivity index (χ0) is 9.42. The standard InChI is InChI=1S/C10H10INO/c1-6(13)9-5-8(11)4-7-2-3-12-10(7)9/h4-5,12H,2-3H2,1H3. The minimum atomic E-state index is 0.143. The molecule has 1 heterocycles. The van der Waals surface area contributed by atoms with Gasteiger partial charge in [-0.2, -0.15) is 0 Å². The van der Waals surface area contributed by atoms with E-state index >= 15 is 0 Å². The van der Waals surface area contributed by atoms with Gasteiger partial charge in [0.25, 0.3) is 0 Å². The van der Waals surface area contributed by atoms with Crippen molar-refractivity contribution in [1.29, 1.82) is 0 Å². The fourth-order valence-electron chi connectivity index (χ4n) is 1.67. The van der Waals surface area contributed by atoms with Gasteiger partial charge in [-0.15, -0.1) is 0 Å². The molecule has 0 aliphatic carbocycles. The Morgan fingerprint density at radius 3 is 3.00 bits per heavy atom. The Bertz CT molecular complexity index is 373. The van der Waals surface area contributed by atoms with Crippen LogP contribution in [0.5, 0.6) is 0 Å². The highest BCUT2D eigenvalue weighted by Gasteiger charge is 2.17. The molecule has 3 heteroatoms. The minimum absolute atomic E-state index is 0.143. The Balaban J connectivity index is 2.62. The Hall–Kier alpha value is -0.580. The van der Waals surface area contributed by atoms with E-state index in [0.29, 0.717) is 0 Å². The molecule has 0 atom stereocenters. The third-order valence-electron chi connectivity index (χ3n) is 2.26. The number of carbonyl (C=O) groups excluding carboxylic acids is 1. The van der Waals surface area contributed by atoms with E-state index in [2.05, 4.69) is 34.0 Å². The summed E-state index contributed by atoms with van der Waals surface area (Å²) in [5.41, 5.74) is 3.16. The number of carbonyl (C=O) groups is 1. The van der Waals surface area contributed by atoms with Crippen LogP contribution in [0.15, 0.2) is 12.1 Å². The number of anilines is 1. The number of halogens is 1. The first-order valence-electron chi connectivity index (χ1n) is 4.25. The molecule has 0 amide bonds. The number of hydrogen-bond acceptors (Lipinski definition) is 2. The number of ketones is 1. The van der Waals surface area contributed by atoms with E-state index in [1.165, 1.54) is 5.56 Å². The van der Waals surface area contributed by atoms with Crippen LogP contribution in [-0.2, 0) is 6.42 Å². The Kier molecular flexibility index (Phi) is 2.27. The summed E-state index contributed by atoms with van der Waals surface area (Å²) < 4.78 is 1.14. The lowest BCUT2D eigenvalue weighted by Gasteiger charge is -2.06. The molecule has 1 N–H and O–H groups in total. The van der Waals surface area contributed by atoms with Crippen molar-refractivity contribution in [3.63, 3.8) is 0 Å². The highest BCUT2D eigenvalue weighted by Crippen LogP contribution is 2.29. The largest absolute Gasteiger partial charge is 0.384 e. The Labute approximate surface area is 90.9 Å². The van der Waals surface area contributed by atoms with Crippen LogP contribution in [0.25, 0.3) is 0 Å². The van der Waals surface area contributed by atoms with Crippen LogP contribution in [0, 0.1) is 3.57 Å². The molecular weight excluding hydrogens is 277 g/mol. The van der Waals surface area contributed by atoms with Gasteiger partial charge < -0.3 is 5.32 Å². The number of hydrogen-bond donors (Lipinski definition) is 1. The number of fused-ring (bicyclic) bond motifs is 1. The summed E-state index contributed by atoms with van der Waals surface area (Å²) in [5.74, 6) is 0.143. The molecule has 0 unspecified atom stereocenters. The molecule has 1 aromatic rings. The van der Waals surface area contributed by atoms with Crippen molar-refractivity contribution in [3.8, 4) is 0 Å². The van der Waals surface area contributed by atoms with Gasteiger partial charge in [-0.05, 0) is 53.6 Å². The number of benzene rings is 1. The normalized spacial score (nSPS) is 13.7. The highest BCUT2D eigenvalue weighted by atomic mass is 127.